The number of nitrogens with one attached hydrogen (secondary N) is 2. The van der Waals surface area contributed by atoms with E-state index in [-0.39, 0.29) is 23.7 Å². The van der Waals surface area contributed by atoms with Crippen LogP contribution in [0.15, 0.2) is 49.2 Å². The first kappa shape index (κ1) is 22.2. The van der Waals surface area contributed by atoms with E-state index in [9.17, 15) is 4.39 Å². The second kappa shape index (κ2) is 8.98. The lowest BCUT2D eigenvalue weighted by molar-refractivity contribution is 0.419. The molecule has 8 nitrogen and oxygen atoms in total. The quantitative estimate of drug-likeness (QED) is 0.321. The van der Waals surface area contributed by atoms with Crippen LogP contribution in [0.5, 0.6) is 0 Å². The number of rotatable bonds is 7. The molecule has 3 atom stereocenters. The lowest BCUT2D eigenvalue weighted by Crippen LogP contribution is -2.33. The summed E-state index contributed by atoms with van der Waals surface area (Å²) in [6, 6.07) is 8.40. The molecule has 0 amide bonds. The number of hydrogen-bond acceptors (Lipinski definition) is 6. The van der Waals surface area contributed by atoms with Gasteiger partial charge < -0.3 is 10.3 Å². The summed E-state index contributed by atoms with van der Waals surface area (Å²) in [5, 5.41) is 8.79. The second-order valence-electron chi connectivity index (χ2n) is 8.48. The zero-order valence-electron chi connectivity index (χ0n) is 19.0. The number of H-pyrrole nitrogens is 1. The minimum atomic E-state index is -0.325. The lowest BCUT2D eigenvalue weighted by atomic mass is 9.83. The first-order valence-electron chi connectivity index (χ1n) is 11.2. The molecule has 0 bridgehead atoms. The van der Waals surface area contributed by atoms with Crippen LogP contribution in [0.4, 0.5) is 10.2 Å². The van der Waals surface area contributed by atoms with Crippen molar-refractivity contribution in [2.45, 2.75) is 39.2 Å². The fourth-order valence-corrected chi connectivity index (χ4v) is 4.52. The van der Waals surface area contributed by atoms with E-state index in [4.69, 9.17) is 16.7 Å². The van der Waals surface area contributed by atoms with Crippen molar-refractivity contribution in [1.82, 2.24) is 34.5 Å². The molecule has 0 saturated carbocycles. The fourth-order valence-electron chi connectivity index (χ4n) is 4.35. The number of anilines is 1. The Labute approximate surface area is 200 Å². The SMILES string of the molecule is CCC(C)[C@@H](Nc1ncnc2nc[nH]c12)C(C)c1cc2ncc(Cl)n2nc1-c1cccc(F)c1. The van der Waals surface area contributed by atoms with Crippen molar-refractivity contribution in [3.63, 3.8) is 0 Å². The number of nitrogens with zero attached hydrogens (tertiary/aromatic N) is 6. The molecule has 5 rings (SSSR count). The summed E-state index contributed by atoms with van der Waals surface area (Å²) in [5.74, 6) is 0.607. The zero-order chi connectivity index (χ0) is 23.8. The van der Waals surface area contributed by atoms with Gasteiger partial charge in [-0.1, -0.05) is 50.9 Å². The standard InChI is InChI=1S/C24H24ClFN8/c1-4-13(2)20(32-24-22-23(29-11-28-22)30-12-31-24)14(3)17-9-19-27-10-18(25)34(19)33-21(17)15-6-5-7-16(26)8-15/h5-14,20H,4H2,1-3H3,(H2,28,29,30,31,32)/t13?,14?,20-/m1/s1. The summed E-state index contributed by atoms with van der Waals surface area (Å²) in [7, 11) is 0. The number of benzene rings is 1. The van der Waals surface area contributed by atoms with Crippen molar-refractivity contribution in [3.8, 4) is 11.3 Å². The average Bonchev–Trinajstić information content (AvgIpc) is 3.48. The lowest BCUT2D eigenvalue weighted by Gasteiger charge is -2.31. The van der Waals surface area contributed by atoms with Crippen molar-refractivity contribution in [3.05, 3.63) is 65.7 Å². The van der Waals surface area contributed by atoms with E-state index in [1.807, 2.05) is 12.1 Å². The number of aromatic nitrogens is 7. The monoisotopic (exact) mass is 478 g/mol. The Balaban J connectivity index is 1.64. The molecule has 0 fully saturated rings. The van der Waals surface area contributed by atoms with Crippen LogP contribution in [-0.4, -0.2) is 40.6 Å². The van der Waals surface area contributed by atoms with Crippen molar-refractivity contribution in [1.29, 1.82) is 0 Å². The highest BCUT2D eigenvalue weighted by Crippen LogP contribution is 2.35. The van der Waals surface area contributed by atoms with Crippen molar-refractivity contribution < 1.29 is 4.39 Å². The van der Waals surface area contributed by atoms with Crippen LogP contribution in [0, 0.1) is 11.7 Å². The Morgan fingerprint density at radius 3 is 2.79 bits per heavy atom. The van der Waals surface area contributed by atoms with Crippen LogP contribution in [0.1, 0.15) is 38.7 Å². The van der Waals surface area contributed by atoms with Crippen LogP contribution >= 0.6 is 11.6 Å². The van der Waals surface area contributed by atoms with Crippen molar-refractivity contribution in [2.24, 2.45) is 5.92 Å². The fraction of sp³-hybridized carbons (Fsp3) is 0.292. The van der Waals surface area contributed by atoms with Crippen LogP contribution < -0.4 is 5.32 Å². The molecule has 0 saturated heterocycles. The Hall–Kier alpha value is -3.59. The second-order valence-corrected chi connectivity index (χ2v) is 8.86. The summed E-state index contributed by atoms with van der Waals surface area (Å²) in [5.41, 5.74) is 4.25. The third kappa shape index (κ3) is 3.96. The van der Waals surface area contributed by atoms with Crippen LogP contribution in [0.3, 0.4) is 0 Å². The van der Waals surface area contributed by atoms with E-state index in [0.29, 0.717) is 33.5 Å². The third-order valence-corrected chi connectivity index (χ3v) is 6.65. The van der Waals surface area contributed by atoms with Gasteiger partial charge in [0, 0.05) is 17.5 Å². The summed E-state index contributed by atoms with van der Waals surface area (Å²) >= 11 is 6.31. The number of aromatic amines is 1. The molecule has 5 aromatic rings. The highest BCUT2D eigenvalue weighted by molar-refractivity contribution is 6.29. The molecular weight excluding hydrogens is 455 g/mol. The molecule has 0 spiro atoms. The topological polar surface area (TPSA) is 96.7 Å². The zero-order valence-corrected chi connectivity index (χ0v) is 19.8. The molecular formula is C24H24ClFN8. The van der Waals surface area contributed by atoms with E-state index < -0.39 is 0 Å². The summed E-state index contributed by atoms with van der Waals surface area (Å²) in [4.78, 5) is 20.4. The van der Waals surface area contributed by atoms with Gasteiger partial charge in [-0.3, -0.25) is 0 Å². The molecule has 0 aliphatic carbocycles. The van der Waals surface area contributed by atoms with Gasteiger partial charge in [0.2, 0.25) is 0 Å². The highest BCUT2D eigenvalue weighted by Gasteiger charge is 2.29. The van der Waals surface area contributed by atoms with E-state index in [1.165, 1.54) is 18.5 Å². The Morgan fingerprint density at radius 1 is 1.15 bits per heavy atom. The summed E-state index contributed by atoms with van der Waals surface area (Å²) in [6.07, 6.45) is 5.61. The van der Waals surface area contributed by atoms with E-state index in [2.05, 4.69) is 51.0 Å². The molecule has 34 heavy (non-hydrogen) atoms. The van der Waals surface area contributed by atoms with Gasteiger partial charge in [-0.25, -0.2) is 28.8 Å². The maximum atomic E-state index is 14.2. The van der Waals surface area contributed by atoms with Crippen LogP contribution in [0.2, 0.25) is 5.15 Å². The summed E-state index contributed by atoms with van der Waals surface area (Å²) < 4.78 is 15.7. The molecule has 4 heterocycles. The van der Waals surface area contributed by atoms with Gasteiger partial charge >= 0.3 is 0 Å². The number of imidazole rings is 2. The third-order valence-electron chi connectivity index (χ3n) is 6.39. The van der Waals surface area contributed by atoms with Gasteiger partial charge in [-0.15, -0.1) is 0 Å². The Kier molecular flexibility index (Phi) is 5.87. The van der Waals surface area contributed by atoms with Gasteiger partial charge in [-0.2, -0.15) is 5.10 Å². The van der Waals surface area contributed by atoms with Crippen LogP contribution in [-0.2, 0) is 0 Å². The molecule has 4 aromatic heterocycles. The van der Waals surface area contributed by atoms with Crippen molar-refractivity contribution in [2.75, 3.05) is 5.32 Å². The van der Waals surface area contributed by atoms with Gasteiger partial charge in [0.25, 0.3) is 0 Å². The largest absolute Gasteiger partial charge is 0.365 e. The van der Waals surface area contributed by atoms with Gasteiger partial charge in [0.05, 0.1) is 18.2 Å². The molecule has 2 N–H and O–H groups in total. The number of halogens is 2. The number of fused-ring (bicyclic) bond motifs is 2. The molecule has 1 aromatic carbocycles. The normalized spacial score (nSPS) is 14.4. The Bertz CT molecular complexity index is 1460. The van der Waals surface area contributed by atoms with E-state index >= 15 is 0 Å². The molecule has 174 valence electrons. The van der Waals surface area contributed by atoms with Gasteiger partial charge in [-0.05, 0) is 29.7 Å². The smallest absolute Gasteiger partial charge is 0.182 e. The molecule has 0 radical (unpaired) electrons. The predicted octanol–water partition coefficient (Wildman–Crippen LogP) is 5.49. The number of hydrogen-bond donors (Lipinski definition) is 2. The average molecular weight is 479 g/mol. The minimum absolute atomic E-state index is 0.0200. The molecule has 10 heteroatoms. The van der Waals surface area contributed by atoms with Gasteiger partial charge in [0.1, 0.15) is 17.7 Å². The molecule has 0 aliphatic heterocycles. The van der Waals surface area contributed by atoms with Crippen LogP contribution in [0.25, 0.3) is 28.1 Å². The Morgan fingerprint density at radius 2 is 2.00 bits per heavy atom. The maximum absolute atomic E-state index is 14.2. The van der Waals surface area contributed by atoms with Crippen molar-refractivity contribution >= 4 is 34.2 Å². The van der Waals surface area contributed by atoms with Gasteiger partial charge in [0.15, 0.2) is 22.3 Å². The van der Waals surface area contributed by atoms with E-state index in [0.717, 1.165) is 17.5 Å². The molecule has 2 unspecified atom stereocenters. The summed E-state index contributed by atoms with van der Waals surface area (Å²) in [6.45, 7) is 6.48. The minimum Gasteiger partial charge on any atom is -0.365 e. The van der Waals surface area contributed by atoms with E-state index in [1.54, 1.807) is 23.1 Å². The highest BCUT2D eigenvalue weighted by atomic mass is 35.5. The maximum Gasteiger partial charge on any atom is 0.182 e. The predicted molar refractivity (Wildman–Crippen MR) is 130 cm³/mol. The molecule has 0 aliphatic rings. The first-order valence-corrected chi connectivity index (χ1v) is 11.5. The first-order chi connectivity index (χ1) is 16.5.